The lowest BCUT2D eigenvalue weighted by Gasteiger charge is -2.34. The number of piperazine rings is 1. The number of carbonyl (C=O) groups excluding carboxylic acids is 1. The van der Waals surface area contributed by atoms with Crippen molar-refractivity contribution in [3.05, 3.63) is 60.8 Å². The Morgan fingerprint density at radius 1 is 1.00 bits per heavy atom. The molecule has 126 valence electrons. The largest absolute Gasteiger partial charge is 0.459 e. The van der Waals surface area contributed by atoms with Crippen molar-refractivity contribution < 1.29 is 9.21 Å². The number of carbonyl (C=O) groups is 1. The van der Waals surface area contributed by atoms with Crippen LogP contribution in [0.5, 0.6) is 0 Å². The van der Waals surface area contributed by atoms with Crippen LogP contribution in [0.2, 0.25) is 0 Å². The third kappa shape index (κ3) is 3.21. The van der Waals surface area contributed by atoms with E-state index in [2.05, 4.69) is 20.1 Å². The van der Waals surface area contributed by atoms with Gasteiger partial charge in [-0.15, -0.1) is 10.2 Å². The van der Waals surface area contributed by atoms with Crippen molar-refractivity contribution in [3.63, 3.8) is 0 Å². The van der Waals surface area contributed by atoms with Gasteiger partial charge in [0.1, 0.15) is 0 Å². The van der Waals surface area contributed by atoms with Gasteiger partial charge in [0.05, 0.1) is 12.0 Å². The molecule has 3 aromatic heterocycles. The van der Waals surface area contributed by atoms with Crippen LogP contribution < -0.4 is 4.90 Å². The van der Waals surface area contributed by atoms with Crippen LogP contribution in [0, 0.1) is 0 Å². The van der Waals surface area contributed by atoms with Crippen LogP contribution in [0.4, 0.5) is 5.82 Å². The third-order valence-corrected chi connectivity index (χ3v) is 4.23. The maximum Gasteiger partial charge on any atom is 0.289 e. The molecule has 1 saturated heterocycles. The molecule has 3 aromatic rings. The molecule has 1 aliphatic heterocycles. The van der Waals surface area contributed by atoms with Crippen LogP contribution in [0.25, 0.3) is 11.3 Å². The molecule has 0 saturated carbocycles. The van der Waals surface area contributed by atoms with Gasteiger partial charge in [-0.1, -0.05) is 0 Å². The average Bonchev–Trinajstić information content (AvgIpc) is 3.23. The van der Waals surface area contributed by atoms with E-state index in [1.54, 1.807) is 29.4 Å². The van der Waals surface area contributed by atoms with E-state index >= 15 is 0 Å². The Balaban J connectivity index is 1.40. The zero-order chi connectivity index (χ0) is 17.1. The topological polar surface area (TPSA) is 75.4 Å². The zero-order valence-electron chi connectivity index (χ0n) is 13.6. The van der Waals surface area contributed by atoms with Crippen LogP contribution in [0.1, 0.15) is 10.6 Å². The fourth-order valence-corrected chi connectivity index (χ4v) is 2.86. The van der Waals surface area contributed by atoms with E-state index in [4.69, 9.17) is 4.42 Å². The first-order valence-electron chi connectivity index (χ1n) is 8.13. The van der Waals surface area contributed by atoms with E-state index in [-0.39, 0.29) is 5.91 Å². The molecular weight excluding hydrogens is 318 g/mol. The maximum atomic E-state index is 12.3. The minimum atomic E-state index is -0.0670. The molecule has 0 aliphatic carbocycles. The van der Waals surface area contributed by atoms with E-state index < -0.39 is 0 Å². The minimum absolute atomic E-state index is 0.0670. The molecule has 7 nitrogen and oxygen atoms in total. The van der Waals surface area contributed by atoms with E-state index in [1.807, 2.05) is 24.3 Å². The number of furan rings is 1. The van der Waals surface area contributed by atoms with Gasteiger partial charge in [0.2, 0.25) is 0 Å². The summed E-state index contributed by atoms with van der Waals surface area (Å²) in [5.74, 6) is 1.13. The Morgan fingerprint density at radius 2 is 1.88 bits per heavy atom. The summed E-state index contributed by atoms with van der Waals surface area (Å²) in [6.45, 7) is 2.69. The van der Waals surface area contributed by atoms with Crippen molar-refractivity contribution in [2.45, 2.75) is 0 Å². The molecule has 1 fully saturated rings. The summed E-state index contributed by atoms with van der Waals surface area (Å²) in [5, 5.41) is 8.62. The molecule has 0 N–H and O–H groups in total. The first-order valence-corrected chi connectivity index (χ1v) is 8.13. The molecule has 0 spiro atoms. The standard InChI is InChI=1S/C18H17N5O2/c24-18(16-4-2-12-25-16)23-10-8-22(9-11-23)17-6-5-15(20-21-17)14-3-1-7-19-13-14/h1-7,12-13H,8-11H2. The number of hydrogen-bond donors (Lipinski definition) is 0. The molecule has 1 aliphatic rings. The normalized spacial score (nSPS) is 14.6. The molecule has 25 heavy (non-hydrogen) atoms. The highest BCUT2D eigenvalue weighted by atomic mass is 16.3. The Hall–Kier alpha value is -3.22. The zero-order valence-corrected chi connectivity index (χ0v) is 13.6. The summed E-state index contributed by atoms with van der Waals surface area (Å²) in [7, 11) is 0. The predicted molar refractivity (Wildman–Crippen MR) is 92.1 cm³/mol. The molecule has 0 atom stereocenters. The summed E-state index contributed by atoms with van der Waals surface area (Å²) < 4.78 is 5.18. The molecule has 4 heterocycles. The minimum Gasteiger partial charge on any atom is -0.459 e. The molecule has 0 radical (unpaired) electrons. The van der Waals surface area contributed by atoms with Crippen LogP contribution in [-0.4, -0.2) is 52.2 Å². The summed E-state index contributed by atoms with van der Waals surface area (Å²) in [6, 6.07) is 11.1. The van der Waals surface area contributed by atoms with E-state index in [0.29, 0.717) is 31.9 Å². The fourth-order valence-electron chi connectivity index (χ4n) is 2.86. The molecule has 0 bridgehead atoms. The van der Waals surface area contributed by atoms with Crippen molar-refractivity contribution in [3.8, 4) is 11.3 Å². The highest BCUT2D eigenvalue weighted by Gasteiger charge is 2.24. The van der Waals surface area contributed by atoms with E-state index in [0.717, 1.165) is 17.1 Å². The van der Waals surface area contributed by atoms with Gasteiger partial charge in [0.25, 0.3) is 5.91 Å². The van der Waals surface area contributed by atoms with Gasteiger partial charge < -0.3 is 14.2 Å². The van der Waals surface area contributed by atoms with Crippen molar-refractivity contribution in [2.75, 3.05) is 31.1 Å². The Morgan fingerprint density at radius 3 is 2.52 bits per heavy atom. The van der Waals surface area contributed by atoms with Crippen LogP contribution >= 0.6 is 0 Å². The Labute approximate surface area is 144 Å². The SMILES string of the molecule is O=C(c1ccco1)N1CCN(c2ccc(-c3cccnc3)nn2)CC1. The van der Waals surface area contributed by atoms with Gasteiger partial charge in [-0.05, 0) is 36.4 Å². The van der Waals surface area contributed by atoms with Crippen LogP contribution in [-0.2, 0) is 0 Å². The second-order valence-electron chi connectivity index (χ2n) is 5.78. The predicted octanol–water partition coefficient (Wildman–Crippen LogP) is 2.09. The summed E-state index contributed by atoms with van der Waals surface area (Å²) >= 11 is 0. The highest BCUT2D eigenvalue weighted by Crippen LogP contribution is 2.19. The van der Waals surface area contributed by atoms with Crippen molar-refractivity contribution in [1.82, 2.24) is 20.1 Å². The molecular formula is C18H17N5O2. The number of pyridine rings is 1. The number of anilines is 1. The molecule has 0 aromatic carbocycles. The smallest absolute Gasteiger partial charge is 0.289 e. The highest BCUT2D eigenvalue weighted by molar-refractivity contribution is 5.91. The maximum absolute atomic E-state index is 12.3. The van der Waals surface area contributed by atoms with Crippen LogP contribution in [0.3, 0.4) is 0 Å². The van der Waals surface area contributed by atoms with Gasteiger partial charge in [0.15, 0.2) is 11.6 Å². The van der Waals surface area contributed by atoms with Crippen molar-refractivity contribution in [2.24, 2.45) is 0 Å². The number of nitrogens with zero attached hydrogens (tertiary/aromatic N) is 5. The molecule has 4 rings (SSSR count). The van der Waals surface area contributed by atoms with Gasteiger partial charge in [0, 0.05) is 44.1 Å². The number of rotatable bonds is 3. The lowest BCUT2D eigenvalue weighted by molar-refractivity contribution is 0.0714. The Kier molecular flexibility index (Phi) is 4.12. The number of aromatic nitrogens is 3. The Bertz CT molecular complexity index is 826. The number of hydrogen-bond acceptors (Lipinski definition) is 6. The van der Waals surface area contributed by atoms with E-state index in [9.17, 15) is 4.79 Å². The van der Waals surface area contributed by atoms with Crippen molar-refractivity contribution in [1.29, 1.82) is 0 Å². The summed E-state index contributed by atoms with van der Waals surface area (Å²) in [6.07, 6.45) is 5.01. The van der Waals surface area contributed by atoms with Crippen LogP contribution in [0.15, 0.2) is 59.5 Å². The summed E-state index contributed by atoms with van der Waals surface area (Å²) in [4.78, 5) is 20.3. The second-order valence-corrected chi connectivity index (χ2v) is 5.78. The van der Waals surface area contributed by atoms with Gasteiger partial charge in [-0.25, -0.2) is 0 Å². The first-order chi connectivity index (χ1) is 12.3. The van der Waals surface area contributed by atoms with Crippen molar-refractivity contribution >= 4 is 11.7 Å². The van der Waals surface area contributed by atoms with Gasteiger partial charge in [-0.2, -0.15) is 0 Å². The lowest BCUT2D eigenvalue weighted by Crippen LogP contribution is -2.49. The first kappa shape index (κ1) is 15.3. The fraction of sp³-hybridized carbons (Fsp3) is 0.222. The van der Waals surface area contributed by atoms with Gasteiger partial charge in [-0.3, -0.25) is 9.78 Å². The second kappa shape index (κ2) is 6.72. The third-order valence-electron chi connectivity index (χ3n) is 4.23. The molecule has 7 heteroatoms. The quantitative estimate of drug-likeness (QED) is 0.729. The number of amides is 1. The molecule has 1 amide bonds. The lowest BCUT2D eigenvalue weighted by atomic mass is 10.2. The average molecular weight is 335 g/mol. The van der Waals surface area contributed by atoms with Gasteiger partial charge >= 0.3 is 0 Å². The van der Waals surface area contributed by atoms with E-state index in [1.165, 1.54) is 6.26 Å². The molecule has 0 unspecified atom stereocenters. The summed E-state index contributed by atoms with van der Waals surface area (Å²) in [5.41, 5.74) is 1.74. The monoisotopic (exact) mass is 335 g/mol.